The van der Waals surface area contributed by atoms with E-state index in [2.05, 4.69) is 29.4 Å². The lowest BCUT2D eigenvalue weighted by molar-refractivity contribution is -0.121. The summed E-state index contributed by atoms with van der Waals surface area (Å²) in [5.74, 6) is 1.72. The van der Waals surface area contributed by atoms with Crippen LogP contribution in [0.15, 0.2) is 48.7 Å². The smallest absolute Gasteiger partial charge is 0.220 e. The third kappa shape index (κ3) is 5.59. The Morgan fingerprint density at radius 3 is 2.68 bits per heavy atom. The molecule has 1 aliphatic carbocycles. The number of benzene rings is 1. The van der Waals surface area contributed by atoms with E-state index in [9.17, 15) is 4.79 Å². The fourth-order valence-corrected chi connectivity index (χ4v) is 2.81. The van der Waals surface area contributed by atoms with Gasteiger partial charge in [-0.25, -0.2) is 4.98 Å². The van der Waals surface area contributed by atoms with E-state index in [-0.39, 0.29) is 11.8 Å². The molecule has 0 saturated heterocycles. The van der Waals surface area contributed by atoms with Crippen LogP contribution in [0, 0.1) is 5.92 Å². The van der Waals surface area contributed by atoms with Crippen molar-refractivity contribution in [2.24, 2.45) is 5.92 Å². The molecule has 4 nitrogen and oxygen atoms in total. The van der Waals surface area contributed by atoms with Crippen LogP contribution in [-0.2, 0) is 11.3 Å². The van der Waals surface area contributed by atoms with Crippen LogP contribution in [0.3, 0.4) is 0 Å². The van der Waals surface area contributed by atoms with Gasteiger partial charge in [-0.3, -0.25) is 4.79 Å². The van der Waals surface area contributed by atoms with E-state index in [1.807, 2.05) is 30.3 Å². The second kappa shape index (κ2) is 8.65. The molecule has 3 rings (SSSR count). The van der Waals surface area contributed by atoms with Crippen molar-refractivity contribution in [1.82, 2.24) is 10.3 Å². The maximum Gasteiger partial charge on any atom is 0.220 e. The molecular formula is C21H26N2O2. The average molecular weight is 338 g/mol. The first kappa shape index (κ1) is 17.5. The summed E-state index contributed by atoms with van der Waals surface area (Å²) in [4.78, 5) is 16.6. The number of amides is 1. The number of aromatic nitrogens is 1. The summed E-state index contributed by atoms with van der Waals surface area (Å²) < 4.78 is 5.63. The SMILES string of the molecule is CCC(CC(=O)NCc1ccc(OCC2CC2)nc1)c1ccccc1. The number of carbonyl (C=O) groups is 1. The molecule has 2 aromatic rings. The molecule has 1 aromatic carbocycles. The van der Waals surface area contributed by atoms with Gasteiger partial charge in [0.25, 0.3) is 0 Å². The summed E-state index contributed by atoms with van der Waals surface area (Å²) in [7, 11) is 0. The van der Waals surface area contributed by atoms with Crippen molar-refractivity contribution in [1.29, 1.82) is 0 Å². The van der Waals surface area contributed by atoms with Gasteiger partial charge >= 0.3 is 0 Å². The van der Waals surface area contributed by atoms with Crippen molar-refractivity contribution in [2.45, 2.75) is 45.1 Å². The molecule has 1 aliphatic rings. The van der Waals surface area contributed by atoms with Crippen molar-refractivity contribution in [3.8, 4) is 5.88 Å². The summed E-state index contributed by atoms with van der Waals surface area (Å²) in [6.45, 7) is 3.39. The Hall–Kier alpha value is -2.36. The van der Waals surface area contributed by atoms with Crippen LogP contribution >= 0.6 is 0 Å². The minimum absolute atomic E-state index is 0.0739. The molecule has 0 aliphatic heterocycles. The van der Waals surface area contributed by atoms with Gasteiger partial charge in [-0.1, -0.05) is 43.3 Å². The molecule has 25 heavy (non-hydrogen) atoms. The standard InChI is InChI=1S/C21H26N2O2/c1-2-18(19-6-4-3-5-7-19)12-20(24)22-13-17-10-11-21(23-14-17)25-15-16-8-9-16/h3-7,10-11,14,16,18H,2,8-9,12-13,15H2,1H3,(H,22,24). The number of hydrogen-bond donors (Lipinski definition) is 1. The summed E-state index contributed by atoms with van der Waals surface area (Å²) >= 11 is 0. The van der Waals surface area contributed by atoms with Crippen molar-refractivity contribution < 1.29 is 9.53 Å². The molecule has 1 heterocycles. The van der Waals surface area contributed by atoms with Gasteiger partial charge in [0, 0.05) is 25.2 Å². The van der Waals surface area contributed by atoms with E-state index in [0.717, 1.165) is 24.5 Å². The van der Waals surface area contributed by atoms with Crippen LogP contribution < -0.4 is 10.1 Å². The Morgan fingerprint density at radius 1 is 1.24 bits per heavy atom. The number of nitrogens with one attached hydrogen (secondary N) is 1. The van der Waals surface area contributed by atoms with Gasteiger partial charge in [0.05, 0.1) is 6.61 Å². The van der Waals surface area contributed by atoms with Gasteiger partial charge in [0.2, 0.25) is 11.8 Å². The third-order valence-corrected chi connectivity index (χ3v) is 4.65. The average Bonchev–Trinajstić information content (AvgIpc) is 3.49. The monoisotopic (exact) mass is 338 g/mol. The second-order valence-corrected chi connectivity index (χ2v) is 6.76. The lowest BCUT2D eigenvalue weighted by Crippen LogP contribution is -2.24. The van der Waals surface area contributed by atoms with Crippen molar-refractivity contribution >= 4 is 5.91 Å². The van der Waals surface area contributed by atoms with E-state index in [4.69, 9.17) is 4.74 Å². The zero-order valence-electron chi connectivity index (χ0n) is 14.8. The van der Waals surface area contributed by atoms with Crippen LogP contribution in [-0.4, -0.2) is 17.5 Å². The summed E-state index contributed by atoms with van der Waals surface area (Å²) in [5, 5.41) is 2.99. The second-order valence-electron chi connectivity index (χ2n) is 6.76. The minimum Gasteiger partial charge on any atom is -0.477 e. The highest BCUT2D eigenvalue weighted by atomic mass is 16.5. The predicted octanol–water partition coefficient (Wildman–Crippen LogP) is 4.07. The molecule has 1 aromatic heterocycles. The topological polar surface area (TPSA) is 51.2 Å². The van der Waals surface area contributed by atoms with Crippen molar-refractivity contribution in [3.05, 3.63) is 59.8 Å². The molecule has 132 valence electrons. The number of ether oxygens (including phenoxy) is 1. The summed E-state index contributed by atoms with van der Waals surface area (Å²) in [6.07, 6.45) is 5.78. The Labute approximate surface area is 149 Å². The molecule has 1 saturated carbocycles. The van der Waals surface area contributed by atoms with E-state index >= 15 is 0 Å². The molecule has 1 unspecified atom stereocenters. The zero-order chi connectivity index (χ0) is 17.5. The third-order valence-electron chi connectivity index (χ3n) is 4.65. The normalized spacial score (nSPS) is 14.8. The highest BCUT2D eigenvalue weighted by molar-refractivity contribution is 5.76. The van der Waals surface area contributed by atoms with Crippen LogP contribution in [0.25, 0.3) is 0 Å². The van der Waals surface area contributed by atoms with Crippen LogP contribution in [0.5, 0.6) is 5.88 Å². The van der Waals surface area contributed by atoms with Crippen molar-refractivity contribution in [2.75, 3.05) is 6.61 Å². The highest BCUT2D eigenvalue weighted by Gasteiger charge is 2.22. The highest BCUT2D eigenvalue weighted by Crippen LogP contribution is 2.29. The molecular weight excluding hydrogens is 312 g/mol. The number of nitrogens with zero attached hydrogens (tertiary/aromatic N) is 1. The number of pyridine rings is 1. The van der Waals surface area contributed by atoms with Gasteiger partial charge in [-0.2, -0.15) is 0 Å². The summed E-state index contributed by atoms with van der Waals surface area (Å²) in [6, 6.07) is 14.1. The number of hydrogen-bond acceptors (Lipinski definition) is 3. The fourth-order valence-electron chi connectivity index (χ4n) is 2.81. The van der Waals surface area contributed by atoms with E-state index < -0.39 is 0 Å². The van der Waals surface area contributed by atoms with Gasteiger partial charge < -0.3 is 10.1 Å². The lowest BCUT2D eigenvalue weighted by atomic mass is 9.93. The maximum absolute atomic E-state index is 12.3. The quantitative estimate of drug-likeness (QED) is 0.750. The first-order valence-corrected chi connectivity index (χ1v) is 9.14. The Morgan fingerprint density at radius 2 is 2.04 bits per heavy atom. The van der Waals surface area contributed by atoms with Crippen molar-refractivity contribution in [3.63, 3.8) is 0 Å². The van der Waals surface area contributed by atoms with E-state index in [0.29, 0.717) is 18.8 Å². The molecule has 0 bridgehead atoms. The molecule has 1 N–H and O–H groups in total. The minimum atomic E-state index is 0.0739. The molecule has 1 fully saturated rings. The number of rotatable bonds is 9. The van der Waals surface area contributed by atoms with Crippen LogP contribution in [0.2, 0.25) is 0 Å². The lowest BCUT2D eigenvalue weighted by Gasteiger charge is -2.15. The van der Waals surface area contributed by atoms with E-state index in [1.54, 1.807) is 6.20 Å². The van der Waals surface area contributed by atoms with Crippen LogP contribution in [0.4, 0.5) is 0 Å². The molecule has 1 amide bonds. The molecule has 1 atom stereocenters. The van der Waals surface area contributed by atoms with Gasteiger partial charge in [0.15, 0.2) is 0 Å². The van der Waals surface area contributed by atoms with Gasteiger partial charge in [-0.05, 0) is 42.2 Å². The molecule has 0 spiro atoms. The van der Waals surface area contributed by atoms with E-state index in [1.165, 1.54) is 18.4 Å². The first-order chi connectivity index (χ1) is 12.2. The number of carbonyl (C=O) groups excluding carboxylic acids is 1. The largest absolute Gasteiger partial charge is 0.477 e. The van der Waals surface area contributed by atoms with Gasteiger partial charge in [0.1, 0.15) is 0 Å². The maximum atomic E-state index is 12.3. The molecule has 4 heteroatoms. The molecule has 0 radical (unpaired) electrons. The Balaban J connectivity index is 1.44. The first-order valence-electron chi connectivity index (χ1n) is 9.14. The Kier molecular flexibility index (Phi) is 6.04. The Bertz CT molecular complexity index is 666. The zero-order valence-corrected chi connectivity index (χ0v) is 14.8. The predicted molar refractivity (Wildman–Crippen MR) is 98.4 cm³/mol. The van der Waals surface area contributed by atoms with Crippen LogP contribution in [0.1, 0.15) is 49.7 Å². The fraction of sp³-hybridized carbons (Fsp3) is 0.429. The van der Waals surface area contributed by atoms with Gasteiger partial charge in [-0.15, -0.1) is 0 Å². The summed E-state index contributed by atoms with van der Waals surface area (Å²) in [5.41, 5.74) is 2.21.